The molecule has 0 aromatic heterocycles. The van der Waals surface area contributed by atoms with E-state index in [0.29, 0.717) is 5.56 Å². The molecule has 0 amide bonds. The molecule has 0 aliphatic carbocycles. The second-order valence-corrected chi connectivity index (χ2v) is 6.15. The molecule has 0 atom stereocenters. The van der Waals surface area contributed by atoms with Crippen LogP contribution >= 0.6 is 11.8 Å². The first-order chi connectivity index (χ1) is 8.07. The van der Waals surface area contributed by atoms with E-state index in [-0.39, 0.29) is 22.1 Å². The van der Waals surface area contributed by atoms with Gasteiger partial charge in [0.1, 0.15) is 0 Å². The minimum atomic E-state index is -4.29. The normalized spacial score (nSPS) is 11.9. The maximum absolute atomic E-state index is 12.4. The predicted molar refractivity (Wildman–Crippen MR) is 69.4 cm³/mol. The van der Waals surface area contributed by atoms with Gasteiger partial charge in [0.2, 0.25) is 0 Å². The molecule has 1 aromatic carbocycles. The van der Waals surface area contributed by atoms with E-state index in [0.717, 1.165) is 5.56 Å². The number of benzene rings is 1. The summed E-state index contributed by atoms with van der Waals surface area (Å²) in [5.41, 5.74) is -3.29. The molecule has 0 unspecified atom stereocenters. The summed E-state index contributed by atoms with van der Waals surface area (Å²) in [5, 5.41) is 0. The topological polar surface area (TPSA) is 0 Å². The number of halogens is 3. The first-order valence-corrected chi connectivity index (χ1v) is 6.28. The van der Waals surface area contributed by atoms with Gasteiger partial charge in [-0.2, -0.15) is 13.2 Å². The van der Waals surface area contributed by atoms with E-state index in [1.165, 1.54) is 6.07 Å². The molecule has 0 fully saturated rings. The van der Waals surface area contributed by atoms with Crippen molar-refractivity contribution in [2.75, 3.05) is 0 Å². The van der Waals surface area contributed by atoms with Crippen LogP contribution in [-0.4, -0.2) is 5.51 Å². The number of hydrogen-bond donors (Lipinski definition) is 0. The zero-order valence-electron chi connectivity index (χ0n) is 10.8. The summed E-state index contributed by atoms with van der Waals surface area (Å²) in [6.45, 7) is 7.53. The van der Waals surface area contributed by atoms with Crippen LogP contribution in [0.2, 0.25) is 0 Å². The lowest BCUT2D eigenvalue weighted by Gasteiger charge is -2.10. The number of aryl methyl sites for hydroxylation is 1. The Bertz CT molecular complexity index is 484. The minimum absolute atomic E-state index is 0.110. The summed E-state index contributed by atoms with van der Waals surface area (Å²) in [7, 11) is 0. The third-order valence-electron chi connectivity index (χ3n) is 1.93. The molecule has 0 N–H and O–H groups in total. The van der Waals surface area contributed by atoms with Gasteiger partial charge in [0.05, 0.1) is 0 Å². The van der Waals surface area contributed by atoms with Crippen molar-refractivity contribution in [2.45, 2.75) is 38.1 Å². The first kappa shape index (κ1) is 15.0. The Balaban J connectivity index is 3.15. The lowest BCUT2D eigenvalue weighted by Crippen LogP contribution is -2.02. The van der Waals surface area contributed by atoms with Crippen molar-refractivity contribution in [1.82, 2.24) is 0 Å². The fourth-order valence-corrected chi connectivity index (χ4v) is 1.92. The SMILES string of the molecule is Cc1ccc(C#CC(C)(C)C)c(SC(F)(F)F)c1. The third-order valence-corrected chi connectivity index (χ3v) is 2.72. The van der Waals surface area contributed by atoms with Crippen molar-refractivity contribution < 1.29 is 13.2 Å². The number of thioether (sulfide) groups is 1. The van der Waals surface area contributed by atoms with Gasteiger partial charge in [-0.1, -0.05) is 17.9 Å². The van der Waals surface area contributed by atoms with Crippen molar-refractivity contribution >= 4 is 11.8 Å². The summed E-state index contributed by atoms with van der Waals surface area (Å²) in [5.74, 6) is 5.79. The lowest BCUT2D eigenvalue weighted by molar-refractivity contribution is -0.0328. The molecule has 0 bridgehead atoms. The van der Waals surface area contributed by atoms with Gasteiger partial charge in [0.15, 0.2) is 0 Å². The summed E-state index contributed by atoms with van der Waals surface area (Å²) in [6.07, 6.45) is 0. The van der Waals surface area contributed by atoms with Gasteiger partial charge in [-0.15, -0.1) is 0 Å². The molecule has 0 heterocycles. The Morgan fingerprint density at radius 2 is 1.72 bits per heavy atom. The molecule has 98 valence electrons. The Hall–Kier alpha value is -1.08. The maximum atomic E-state index is 12.4. The van der Waals surface area contributed by atoms with Crippen LogP contribution in [0.25, 0.3) is 0 Å². The van der Waals surface area contributed by atoms with Crippen LogP contribution < -0.4 is 0 Å². The van der Waals surface area contributed by atoms with Crippen LogP contribution in [0, 0.1) is 24.2 Å². The second kappa shape index (κ2) is 5.27. The molecular weight excluding hydrogens is 257 g/mol. The van der Waals surface area contributed by atoms with Gasteiger partial charge in [0.25, 0.3) is 0 Å². The molecule has 0 nitrogen and oxygen atoms in total. The Morgan fingerprint density at radius 3 is 2.22 bits per heavy atom. The first-order valence-electron chi connectivity index (χ1n) is 5.46. The summed E-state index contributed by atoms with van der Waals surface area (Å²) in [4.78, 5) is 0.166. The van der Waals surface area contributed by atoms with Crippen LogP contribution in [0.3, 0.4) is 0 Å². The van der Waals surface area contributed by atoms with Crippen LogP contribution in [0.1, 0.15) is 31.9 Å². The molecule has 1 aromatic rings. The van der Waals surface area contributed by atoms with E-state index < -0.39 is 5.51 Å². The highest BCUT2D eigenvalue weighted by Gasteiger charge is 2.30. The van der Waals surface area contributed by atoms with Gasteiger partial charge in [-0.3, -0.25) is 0 Å². The van der Waals surface area contributed by atoms with Crippen LogP contribution in [-0.2, 0) is 0 Å². The van der Waals surface area contributed by atoms with Crippen molar-refractivity contribution in [3.63, 3.8) is 0 Å². The number of hydrogen-bond acceptors (Lipinski definition) is 1. The van der Waals surface area contributed by atoms with Gasteiger partial charge in [-0.25, -0.2) is 0 Å². The second-order valence-electron chi connectivity index (χ2n) is 5.05. The average molecular weight is 272 g/mol. The Morgan fingerprint density at radius 1 is 1.11 bits per heavy atom. The van der Waals surface area contributed by atoms with Crippen molar-refractivity contribution in [3.05, 3.63) is 29.3 Å². The minimum Gasteiger partial charge on any atom is -0.160 e. The zero-order valence-corrected chi connectivity index (χ0v) is 11.6. The third kappa shape index (κ3) is 5.50. The van der Waals surface area contributed by atoms with Crippen molar-refractivity contribution in [2.24, 2.45) is 5.41 Å². The van der Waals surface area contributed by atoms with E-state index in [1.807, 2.05) is 20.8 Å². The van der Waals surface area contributed by atoms with E-state index in [2.05, 4.69) is 11.8 Å². The maximum Gasteiger partial charge on any atom is 0.446 e. The van der Waals surface area contributed by atoms with E-state index >= 15 is 0 Å². The highest BCUT2D eigenvalue weighted by Crippen LogP contribution is 2.38. The smallest absolute Gasteiger partial charge is 0.160 e. The van der Waals surface area contributed by atoms with Crippen molar-refractivity contribution in [1.29, 1.82) is 0 Å². The molecule has 0 saturated carbocycles. The van der Waals surface area contributed by atoms with Gasteiger partial charge >= 0.3 is 5.51 Å². The van der Waals surface area contributed by atoms with E-state index in [9.17, 15) is 13.2 Å². The van der Waals surface area contributed by atoms with Gasteiger partial charge < -0.3 is 0 Å². The van der Waals surface area contributed by atoms with E-state index in [4.69, 9.17) is 0 Å². The molecule has 0 radical (unpaired) electrons. The summed E-state index contributed by atoms with van der Waals surface area (Å²) in [6, 6.07) is 4.93. The van der Waals surface area contributed by atoms with Gasteiger partial charge in [-0.05, 0) is 57.2 Å². The fourth-order valence-electron chi connectivity index (χ4n) is 1.20. The van der Waals surface area contributed by atoms with Crippen LogP contribution in [0.15, 0.2) is 23.1 Å². The Kier molecular flexibility index (Phi) is 4.39. The van der Waals surface area contributed by atoms with Crippen LogP contribution in [0.5, 0.6) is 0 Å². The number of alkyl halides is 3. The van der Waals surface area contributed by atoms with Crippen LogP contribution in [0.4, 0.5) is 13.2 Å². The average Bonchev–Trinajstić information content (AvgIpc) is 2.12. The molecule has 1 rings (SSSR count). The fraction of sp³-hybridized carbons (Fsp3) is 0.429. The molecule has 4 heteroatoms. The predicted octanol–water partition coefficient (Wildman–Crippen LogP) is 5.00. The molecule has 18 heavy (non-hydrogen) atoms. The Labute approximate surface area is 110 Å². The zero-order chi connectivity index (χ0) is 14.0. The largest absolute Gasteiger partial charge is 0.446 e. The highest BCUT2D eigenvalue weighted by molar-refractivity contribution is 8.00. The summed E-state index contributed by atoms with van der Waals surface area (Å²) >= 11 is -0.110. The number of rotatable bonds is 1. The highest BCUT2D eigenvalue weighted by atomic mass is 32.2. The van der Waals surface area contributed by atoms with Gasteiger partial charge in [0, 0.05) is 15.9 Å². The quantitative estimate of drug-likeness (QED) is 0.512. The standard InChI is InChI=1S/C14H15F3S/c1-10-5-6-11(7-8-13(2,3)4)12(9-10)18-14(15,16)17/h5-6,9H,1-4H3. The molecule has 0 saturated heterocycles. The monoisotopic (exact) mass is 272 g/mol. The molecular formula is C14H15F3S. The summed E-state index contributed by atoms with van der Waals surface area (Å²) < 4.78 is 37.3. The molecule has 0 aliphatic rings. The molecule has 0 aliphatic heterocycles. The molecule has 0 spiro atoms. The van der Waals surface area contributed by atoms with Crippen molar-refractivity contribution in [3.8, 4) is 11.8 Å². The lowest BCUT2D eigenvalue weighted by atomic mass is 9.97. The van der Waals surface area contributed by atoms with E-state index in [1.54, 1.807) is 19.1 Å².